The van der Waals surface area contributed by atoms with Gasteiger partial charge in [-0.15, -0.1) is 10.2 Å². The quantitative estimate of drug-likeness (QED) is 0.545. The Morgan fingerprint density at radius 1 is 1.18 bits per heavy atom. The Balaban J connectivity index is 0.00000176. The summed E-state index contributed by atoms with van der Waals surface area (Å²) in [6.45, 7) is 0. The second-order valence-electron chi connectivity index (χ2n) is 4.77. The van der Waals surface area contributed by atoms with E-state index in [1.807, 2.05) is 59.9 Å². The van der Waals surface area contributed by atoms with Crippen LogP contribution in [-0.2, 0) is 14.1 Å². The fourth-order valence-corrected chi connectivity index (χ4v) is 2.34. The summed E-state index contributed by atoms with van der Waals surface area (Å²) in [5.41, 5.74) is 2.75. The van der Waals surface area contributed by atoms with Crippen LogP contribution in [0.3, 0.4) is 0 Å². The van der Waals surface area contributed by atoms with Crippen LogP contribution in [0, 0.1) is 0 Å². The van der Waals surface area contributed by atoms with Gasteiger partial charge in [-0.25, -0.2) is 9.13 Å². The van der Waals surface area contributed by atoms with Gasteiger partial charge in [-0.2, -0.15) is 0 Å². The minimum atomic E-state index is 0. The highest BCUT2D eigenvalue weighted by molar-refractivity contribution is 5.76. The first-order valence-electron chi connectivity index (χ1n) is 6.55. The van der Waals surface area contributed by atoms with E-state index >= 15 is 0 Å². The molecule has 3 aromatic rings. The molecule has 0 N–H and O–H groups in total. The van der Waals surface area contributed by atoms with Crippen LogP contribution >= 0.6 is 0 Å². The average Bonchev–Trinajstić information content (AvgIpc) is 2.86. The number of methoxy groups -OCH3 is 1. The van der Waals surface area contributed by atoms with E-state index in [2.05, 4.69) is 15.4 Å². The molecule has 2 heterocycles. The van der Waals surface area contributed by atoms with E-state index in [9.17, 15) is 0 Å². The van der Waals surface area contributed by atoms with Crippen molar-refractivity contribution in [2.24, 2.45) is 14.1 Å². The zero-order valence-electron chi connectivity index (χ0n) is 12.6. The summed E-state index contributed by atoms with van der Waals surface area (Å²) in [4.78, 5) is 0. The van der Waals surface area contributed by atoms with Crippen LogP contribution in [-0.4, -0.2) is 27.1 Å². The van der Waals surface area contributed by atoms with Gasteiger partial charge in [0.25, 0.3) is 0 Å². The number of nitrogens with zero attached hydrogens (tertiary/aromatic N) is 5. The molecule has 22 heavy (non-hydrogen) atoms. The number of aryl methyl sites for hydroxylation is 2. The maximum atomic E-state index is 5.19. The first-order chi connectivity index (χ1) is 10.2. The predicted molar refractivity (Wildman–Crippen MR) is 77.4 cm³/mol. The molecule has 0 saturated carbocycles. The lowest BCUT2D eigenvalue weighted by atomic mass is 10.1. The van der Waals surface area contributed by atoms with Gasteiger partial charge < -0.3 is 17.1 Å². The zero-order chi connectivity index (χ0) is 14.8. The summed E-state index contributed by atoms with van der Waals surface area (Å²) in [6, 6.07) is 7.82. The van der Waals surface area contributed by atoms with Crippen LogP contribution < -0.4 is 21.7 Å². The van der Waals surface area contributed by atoms with Crippen LogP contribution in [0.25, 0.3) is 22.6 Å². The molecule has 7 heteroatoms. The van der Waals surface area contributed by atoms with Gasteiger partial charge >= 0.3 is 5.82 Å². The molecular weight excluding hydrogens is 302 g/mol. The van der Waals surface area contributed by atoms with E-state index in [1.54, 1.807) is 13.3 Å². The molecule has 0 spiro atoms. The molecule has 0 radical (unpaired) electrons. The topological polar surface area (TPSA) is 56.7 Å². The van der Waals surface area contributed by atoms with Gasteiger partial charge in [-0.1, -0.05) is 12.1 Å². The van der Waals surface area contributed by atoms with Crippen molar-refractivity contribution in [1.29, 1.82) is 0 Å². The number of halogens is 1. The highest BCUT2D eigenvalue weighted by Crippen LogP contribution is 2.28. The van der Waals surface area contributed by atoms with Crippen molar-refractivity contribution in [3.05, 3.63) is 42.9 Å². The van der Waals surface area contributed by atoms with Gasteiger partial charge in [0.15, 0.2) is 5.69 Å². The van der Waals surface area contributed by atoms with E-state index in [4.69, 9.17) is 4.74 Å². The molecule has 1 aromatic carbocycles. The third-order valence-electron chi connectivity index (χ3n) is 3.43. The molecule has 0 aliphatic heterocycles. The summed E-state index contributed by atoms with van der Waals surface area (Å²) >= 11 is 0. The van der Waals surface area contributed by atoms with E-state index in [0.29, 0.717) is 0 Å². The van der Waals surface area contributed by atoms with Crippen molar-refractivity contribution in [1.82, 2.24) is 20.0 Å². The number of imidazole rings is 1. The lowest BCUT2D eigenvalue weighted by Crippen LogP contribution is -3.00. The van der Waals surface area contributed by atoms with Crippen LogP contribution in [0.15, 0.2) is 42.9 Å². The van der Waals surface area contributed by atoms with Crippen molar-refractivity contribution in [3.8, 4) is 28.4 Å². The monoisotopic (exact) mass is 317 g/mol. The molecule has 0 fully saturated rings. The first-order valence-corrected chi connectivity index (χ1v) is 6.55. The third-order valence-corrected chi connectivity index (χ3v) is 3.43. The van der Waals surface area contributed by atoms with Crippen molar-refractivity contribution >= 4 is 0 Å². The SMILES string of the molecule is COc1ccc(-c2cnnnc2-c2n(C)cc[n+]2C)cc1.[Cl-]. The number of aromatic nitrogens is 5. The van der Waals surface area contributed by atoms with Crippen molar-refractivity contribution in [3.63, 3.8) is 0 Å². The Morgan fingerprint density at radius 2 is 1.91 bits per heavy atom. The van der Waals surface area contributed by atoms with Crippen LogP contribution in [0.2, 0.25) is 0 Å². The van der Waals surface area contributed by atoms with Gasteiger partial charge in [0.1, 0.15) is 18.1 Å². The molecule has 6 nitrogen and oxygen atoms in total. The van der Waals surface area contributed by atoms with Gasteiger partial charge in [0, 0.05) is 5.56 Å². The van der Waals surface area contributed by atoms with Crippen LogP contribution in [0.1, 0.15) is 0 Å². The third kappa shape index (κ3) is 2.78. The number of benzene rings is 1. The Morgan fingerprint density at radius 3 is 2.50 bits per heavy atom. The number of ether oxygens (including phenoxy) is 1. The fraction of sp³-hybridized carbons (Fsp3) is 0.200. The zero-order valence-corrected chi connectivity index (χ0v) is 13.3. The molecular formula is C15H16ClN5O. The van der Waals surface area contributed by atoms with E-state index in [0.717, 1.165) is 28.4 Å². The second-order valence-corrected chi connectivity index (χ2v) is 4.77. The molecule has 0 amide bonds. The van der Waals surface area contributed by atoms with Gasteiger partial charge in [0.2, 0.25) is 0 Å². The maximum Gasteiger partial charge on any atom is 0.310 e. The van der Waals surface area contributed by atoms with E-state index < -0.39 is 0 Å². The van der Waals surface area contributed by atoms with E-state index in [1.165, 1.54) is 0 Å². The second kappa shape index (κ2) is 6.53. The molecule has 0 atom stereocenters. The molecule has 114 valence electrons. The van der Waals surface area contributed by atoms with Crippen molar-refractivity contribution in [2.45, 2.75) is 0 Å². The lowest BCUT2D eigenvalue weighted by Gasteiger charge is -2.06. The molecule has 0 saturated heterocycles. The first kappa shape index (κ1) is 15.9. The molecule has 0 unspecified atom stereocenters. The molecule has 0 aliphatic carbocycles. The lowest BCUT2D eigenvalue weighted by molar-refractivity contribution is -0.659. The summed E-state index contributed by atoms with van der Waals surface area (Å²) in [6.07, 6.45) is 5.70. The van der Waals surface area contributed by atoms with Gasteiger partial charge in [-0.3, -0.25) is 0 Å². The molecule has 3 rings (SSSR count). The Kier molecular flexibility index (Phi) is 4.72. The summed E-state index contributed by atoms with van der Waals surface area (Å²) < 4.78 is 9.22. The Hall–Kier alpha value is -2.47. The van der Waals surface area contributed by atoms with Crippen molar-refractivity contribution in [2.75, 3.05) is 7.11 Å². The smallest absolute Gasteiger partial charge is 0.310 e. The molecule has 0 aliphatic rings. The maximum absolute atomic E-state index is 5.19. The summed E-state index contributed by atoms with van der Waals surface area (Å²) in [5.74, 6) is 1.79. The summed E-state index contributed by atoms with van der Waals surface area (Å²) in [5, 5.41) is 11.9. The number of hydrogen-bond donors (Lipinski definition) is 0. The standard InChI is InChI=1S/C15H16N5O.ClH/c1-19-8-9-20(2)15(19)14-13(10-16-18-17-14)11-4-6-12(21-3)7-5-11;/h4-10H,1-3H3;1H/q+1;/p-1. The number of hydrogen-bond acceptors (Lipinski definition) is 4. The van der Waals surface area contributed by atoms with Gasteiger partial charge in [0.05, 0.1) is 27.4 Å². The minimum absolute atomic E-state index is 0. The molecule has 2 aromatic heterocycles. The van der Waals surface area contributed by atoms with Crippen molar-refractivity contribution < 1.29 is 21.7 Å². The largest absolute Gasteiger partial charge is 1.00 e. The van der Waals surface area contributed by atoms with E-state index in [-0.39, 0.29) is 12.4 Å². The predicted octanol–water partition coefficient (Wildman–Crippen LogP) is -1.62. The minimum Gasteiger partial charge on any atom is -1.00 e. The number of rotatable bonds is 3. The van der Waals surface area contributed by atoms with Crippen LogP contribution in [0.5, 0.6) is 5.75 Å². The molecule has 0 bridgehead atoms. The average molecular weight is 318 g/mol. The highest BCUT2D eigenvalue weighted by atomic mass is 35.5. The Labute approximate surface area is 134 Å². The Bertz CT molecular complexity index is 750. The summed E-state index contributed by atoms with van der Waals surface area (Å²) in [7, 11) is 5.62. The fourth-order valence-electron chi connectivity index (χ4n) is 2.34. The highest BCUT2D eigenvalue weighted by Gasteiger charge is 2.21. The van der Waals surface area contributed by atoms with Gasteiger partial charge in [-0.05, 0) is 22.9 Å². The van der Waals surface area contributed by atoms with Crippen LogP contribution in [0.4, 0.5) is 0 Å². The normalized spacial score (nSPS) is 10.1.